The highest BCUT2D eigenvalue weighted by atomic mass is 32.2. The van der Waals surface area contributed by atoms with Gasteiger partial charge in [-0.15, -0.1) is 11.8 Å². The van der Waals surface area contributed by atoms with E-state index in [2.05, 4.69) is 19.2 Å². The first kappa shape index (κ1) is 25.1. The molecule has 7 heteroatoms. The molecule has 3 aromatic carbocycles. The maximum Gasteiger partial charge on any atom is 0.339 e. The predicted molar refractivity (Wildman–Crippen MR) is 134 cm³/mol. The van der Waals surface area contributed by atoms with Crippen molar-refractivity contribution in [2.24, 2.45) is 0 Å². The lowest BCUT2D eigenvalue weighted by Crippen LogP contribution is -2.16. The number of thioether (sulfide) groups is 1. The summed E-state index contributed by atoms with van der Waals surface area (Å²) >= 11 is 1.22. The average molecular weight is 478 g/mol. The number of anilines is 1. The quantitative estimate of drug-likeness (QED) is 0.233. The molecule has 0 atom stereocenters. The minimum absolute atomic E-state index is 0.0998. The van der Waals surface area contributed by atoms with Crippen molar-refractivity contribution < 1.29 is 23.9 Å². The van der Waals surface area contributed by atoms with Gasteiger partial charge in [0, 0.05) is 22.2 Å². The second kappa shape index (κ2) is 12.0. The molecule has 0 aliphatic heterocycles. The van der Waals surface area contributed by atoms with Gasteiger partial charge in [-0.2, -0.15) is 0 Å². The topological polar surface area (TPSA) is 81.7 Å². The molecule has 176 valence electrons. The fourth-order valence-corrected chi connectivity index (χ4v) is 3.99. The van der Waals surface area contributed by atoms with E-state index < -0.39 is 5.97 Å². The number of Topliss-reactive ketones (excluding diaryl/α,β-unsaturated/α-hetero) is 1. The van der Waals surface area contributed by atoms with Crippen LogP contribution in [0.5, 0.6) is 5.75 Å². The van der Waals surface area contributed by atoms with Crippen LogP contribution in [0.25, 0.3) is 0 Å². The van der Waals surface area contributed by atoms with Gasteiger partial charge in [-0.25, -0.2) is 4.79 Å². The molecule has 0 aromatic heterocycles. The van der Waals surface area contributed by atoms with Crippen LogP contribution in [0.4, 0.5) is 5.69 Å². The molecule has 0 aliphatic carbocycles. The Morgan fingerprint density at radius 1 is 0.941 bits per heavy atom. The monoisotopic (exact) mass is 477 g/mol. The Kier molecular flexibility index (Phi) is 8.87. The minimum atomic E-state index is -0.608. The Morgan fingerprint density at radius 2 is 1.68 bits per heavy atom. The van der Waals surface area contributed by atoms with Gasteiger partial charge in [-0.3, -0.25) is 9.59 Å². The zero-order valence-corrected chi connectivity index (χ0v) is 20.2. The van der Waals surface area contributed by atoms with Gasteiger partial charge in [-0.1, -0.05) is 56.3 Å². The van der Waals surface area contributed by atoms with Gasteiger partial charge in [0.05, 0.1) is 18.4 Å². The molecular formula is C27H27NO5S. The molecule has 0 fully saturated rings. The van der Waals surface area contributed by atoms with E-state index in [1.807, 2.05) is 12.1 Å². The molecule has 0 aliphatic rings. The molecule has 34 heavy (non-hydrogen) atoms. The Hall–Kier alpha value is -3.58. The highest BCUT2D eigenvalue weighted by Gasteiger charge is 2.16. The van der Waals surface area contributed by atoms with Crippen LogP contribution in [0.3, 0.4) is 0 Å². The van der Waals surface area contributed by atoms with Gasteiger partial charge in [0.1, 0.15) is 5.75 Å². The van der Waals surface area contributed by atoms with E-state index >= 15 is 0 Å². The van der Waals surface area contributed by atoms with E-state index in [4.69, 9.17) is 9.47 Å². The fraction of sp³-hybridized carbons (Fsp3) is 0.222. The van der Waals surface area contributed by atoms with Crippen LogP contribution in [-0.4, -0.2) is 37.1 Å². The molecule has 3 rings (SSSR count). The number of hydrogen-bond donors (Lipinski definition) is 1. The van der Waals surface area contributed by atoms with E-state index in [1.54, 1.807) is 67.8 Å². The van der Waals surface area contributed by atoms with E-state index in [-0.39, 0.29) is 24.1 Å². The Bertz CT molecular complexity index is 1160. The maximum absolute atomic E-state index is 12.6. The first-order valence-electron chi connectivity index (χ1n) is 10.8. The van der Waals surface area contributed by atoms with Crippen LogP contribution < -0.4 is 10.1 Å². The number of esters is 1. The van der Waals surface area contributed by atoms with Gasteiger partial charge in [0.2, 0.25) is 5.91 Å². The number of ketones is 1. The van der Waals surface area contributed by atoms with Crippen LogP contribution in [0, 0.1) is 0 Å². The summed E-state index contributed by atoms with van der Waals surface area (Å²) in [6, 6.07) is 21.2. The van der Waals surface area contributed by atoms with Crippen LogP contribution in [0.15, 0.2) is 77.7 Å². The SMILES string of the molecule is COc1cccc(NC(=O)CSc2ccccc2C(=O)OCC(=O)c2ccc(C(C)C)cc2)c1. The number of benzene rings is 3. The zero-order chi connectivity index (χ0) is 24.5. The number of ether oxygens (including phenoxy) is 2. The second-order valence-electron chi connectivity index (χ2n) is 7.84. The molecule has 3 aromatic rings. The van der Waals surface area contributed by atoms with E-state index in [0.717, 1.165) is 5.56 Å². The standard InChI is InChI=1S/C27H27NO5S/c1-18(2)19-11-13-20(14-12-19)24(29)16-33-27(31)23-9-4-5-10-25(23)34-17-26(30)28-21-7-6-8-22(15-21)32-3/h4-15,18H,16-17H2,1-3H3,(H,28,30). The third-order valence-electron chi connectivity index (χ3n) is 5.05. The molecular weight excluding hydrogens is 450 g/mol. The van der Waals surface area contributed by atoms with Crippen molar-refractivity contribution in [1.82, 2.24) is 0 Å². The normalized spacial score (nSPS) is 10.6. The molecule has 1 N–H and O–H groups in total. The molecule has 0 saturated carbocycles. The zero-order valence-electron chi connectivity index (χ0n) is 19.4. The number of methoxy groups -OCH3 is 1. The summed E-state index contributed by atoms with van der Waals surface area (Å²) in [5, 5.41) is 2.80. The smallest absolute Gasteiger partial charge is 0.339 e. The fourth-order valence-electron chi connectivity index (χ4n) is 3.15. The van der Waals surface area contributed by atoms with Gasteiger partial charge < -0.3 is 14.8 Å². The summed E-state index contributed by atoms with van der Waals surface area (Å²) in [4.78, 5) is 38.1. The lowest BCUT2D eigenvalue weighted by atomic mass is 10.0. The molecule has 6 nitrogen and oxygen atoms in total. The van der Waals surface area contributed by atoms with Gasteiger partial charge >= 0.3 is 5.97 Å². The van der Waals surface area contributed by atoms with Crippen LogP contribution in [0.2, 0.25) is 0 Å². The Balaban J connectivity index is 1.56. The van der Waals surface area contributed by atoms with Crippen molar-refractivity contribution in [2.45, 2.75) is 24.7 Å². The van der Waals surface area contributed by atoms with Crippen molar-refractivity contribution in [3.63, 3.8) is 0 Å². The van der Waals surface area contributed by atoms with Crippen molar-refractivity contribution >= 4 is 35.1 Å². The molecule has 0 unspecified atom stereocenters. The van der Waals surface area contributed by atoms with Crippen molar-refractivity contribution in [1.29, 1.82) is 0 Å². The minimum Gasteiger partial charge on any atom is -0.497 e. The lowest BCUT2D eigenvalue weighted by Gasteiger charge is -2.10. The van der Waals surface area contributed by atoms with E-state index in [1.165, 1.54) is 11.8 Å². The first-order chi connectivity index (χ1) is 16.4. The maximum atomic E-state index is 12.6. The number of nitrogens with one attached hydrogen (secondary N) is 1. The van der Waals surface area contributed by atoms with E-state index in [9.17, 15) is 14.4 Å². The summed E-state index contributed by atoms with van der Waals surface area (Å²) < 4.78 is 10.4. The second-order valence-corrected chi connectivity index (χ2v) is 8.86. The van der Waals surface area contributed by atoms with Gasteiger partial charge in [0.25, 0.3) is 0 Å². The number of amides is 1. The number of carbonyl (C=O) groups excluding carboxylic acids is 3. The van der Waals surface area contributed by atoms with Crippen molar-refractivity contribution in [3.05, 3.63) is 89.5 Å². The van der Waals surface area contributed by atoms with Gasteiger partial charge in [0.15, 0.2) is 12.4 Å². The third-order valence-corrected chi connectivity index (χ3v) is 6.13. The average Bonchev–Trinajstić information content (AvgIpc) is 2.86. The largest absolute Gasteiger partial charge is 0.497 e. The number of carbonyl (C=O) groups is 3. The van der Waals surface area contributed by atoms with Crippen LogP contribution in [0.1, 0.15) is 46.0 Å². The summed E-state index contributed by atoms with van der Waals surface area (Å²) in [6.45, 7) is 3.81. The van der Waals surface area contributed by atoms with Crippen LogP contribution in [-0.2, 0) is 9.53 Å². The molecule has 0 spiro atoms. The Labute approximate surface area is 203 Å². The van der Waals surface area contributed by atoms with Crippen LogP contribution >= 0.6 is 11.8 Å². The van der Waals surface area contributed by atoms with Gasteiger partial charge in [-0.05, 0) is 35.7 Å². The van der Waals surface area contributed by atoms with Crippen molar-refractivity contribution in [3.8, 4) is 5.75 Å². The number of rotatable bonds is 10. The molecule has 0 heterocycles. The summed E-state index contributed by atoms with van der Waals surface area (Å²) in [5.74, 6) is 0.0109. The molecule has 1 amide bonds. The first-order valence-corrected chi connectivity index (χ1v) is 11.8. The summed E-state index contributed by atoms with van der Waals surface area (Å²) in [6.07, 6.45) is 0. The third kappa shape index (κ3) is 6.96. The highest BCUT2D eigenvalue weighted by Crippen LogP contribution is 2.24. The Morgan fingerprint density at radius 3 is 2.38 bits per heavy atom. The number of hydrogen-bond acceptors (Lipinski definition) is 6. The molecule has 0 bridgehead atoms. The predicted octanol–water partition coefficient (Wildman–Crippen LogP) is 5.59. The van der Waals surface area contributed by atoms with Crippen molar-refractivity contribution in [2.75, 3.05) is 24.8 Å². The molecule has 0 saturated heterocycles. The summed E-state index contributed by atoms with van der Waals surface area (Å²) in [7, 11) is 1.56. The lowest BCUT2D eigenvalue weighted by molar-refractivity contribution is -0.113. The summed E-state index contributed by atoms with van der Waals surface area (Å²) in [5.41, 5.74) is 2.56. The molecule has 0 radical (unpaired) electrons. The van der Waals surface area contributed by atoms with E-state index in [0.29, 0.717) is 33.4 Å². The highest BCUT2D eigenvalue weighted by molar-refractivity contribution is 8.00.